The summed E-state index contributed by atoms with van der Waals surface area (Å²) in [7, 11) is 3.17. The van der Waals surface area contributed by atoms with Gasteiger partial charge in [-0.25, -0.2) is 4.79 Å². The Balaban J connectivity index is 1.70. The minimum Gasteiger partial charge on any atom is -0.497 e. The quantitative estimate of drug-likeness (QED) is 0.700. The van der Waals surface area contributed by atoms with E-state index in [1.165, 1.54) is 6.07 Å². The number of ether oxygens (including phenoxy) is 3. The van der Waals surface area contributed by atoms with Crippen molar-refractivity contribution in [3.8, 4) is 17.6 Å². The van der Waals surface area contributed by atoms with E-state index in [1.807, 2.05) is 18.2 Å². The van der Waals surface area contributed by atoms with E-state index in [4.69, 9.17) is 19.5 Å². The fourth-order valence-electron chi connectivity index (χ4n) is 3.50. The number of rotatable bonds is 6. The highest BCUT2D eigenvalue weighted by Crippen LogP contribution is 2.38. The molecule has 0 bridgehead atoms. The topological polar surface area (TPSA) is 88.9 Å². The average Bonchev–Trinajstić information content (AvgIpc) is 3.26. The molecule has 3 rings (SSSR count). The lowest BCUT2D eigenvalue weighted by molar-refractivity contribution is -0.135. The number of esters is 1. The van der Waals surface area contributed by atoms with Crippen LogP contribution in [-0.2, 0) is 9.53 Å². The third kappa shape index (κ3) is 4.49. The van der Waals surface area contributed by atoms with Crippen LogP contribution in [0.4, 0.5) is 0 Å². The van der Waals surface area contributed by atoms with Crippen molar-refractivity contribution in [2.75, 3.05) is 27.4 Å². The Hall–Kier alpha value is -3.53. The normalized spacial score (nSPS) is 15.5. The fourth-order valence-corrected chi connectivity index (χ4v) is 3.50. The standard InChI is InChI=1S/C22H22N2O5/c1-27-17-8-9-20(28-2)18(12-17)19-7-4-10-24(19)21(25)14-29-22(26)16-6-3-5-15(11-16)13-23/h3,5-6,8-9,11-12,19H,4,7,10,14H2,1-2H3. The number of benzene rings is 2. The van der Waals surface area contributed by atoms with Gasteiger partial charge in [-0.3, -0.25) is 4.79 Å². The number of hydrogen-bond donors (Lipinski definition) is 0. The van der Waals surface area contributed by atoms with E-state index in [2.05, 4.69) is 0 Å². The fraction of sp³-hybridized carbons (Fsp3) is 0.318. The van der Waals surface area contributed by atoms with Gasteiger partial charge in [0.1, 0.15) is 11.5 Å². The molecule has 1 aliphatic heterocycles. The Labute approximate surface area is 169 Å². The summed E-state index contributed by atoms with van der Waals surface area (Å²) < 4.78 is 16.0. The molecule has 7 nitrogen and oxygen atoms in total. The number of amides is 1. The van der Waals surface area contributed by atoms with Crippen LogP contribution in [0.1, 0.15) is 40.4 Å². The van der Waals surface area contributed by atoms with Gasteiger partial charge < -0.3 is 19.1 Å². The highest BCUT2D eigenvalue weighted by molar-refractivity contribution is 5.91. The number of likely N-dealkylation sites (tertiary alicyclic amines) is 1. The lowest BCUT2D eigenvalue weighted by Gasteiger charge is -2.26. The van der Waals surface area contributed by atoms with Gasteiger partial charge in [0, 0.05) is 12.1 Å². The van der Waals surface area contributed by atoms with Gasteiger partial charge in [-0.05, 0) is 49.2 Å². The number of hydrogen-bond acceptors (Lipinski definition) is 6. The van der Waals surface area contributed by atoms with Gasteiger partial charge >= 0.3 is 5.97 Å². The second-order valence-electron chi connectivity index (χ2n) is 6.62. The maximum Gasteiger partial charge on any atom is 0.338 e. The Bertz CT molecular complexity index is 950. The zero-order valence-corrected chi connectivity index (χ0v) is 16.4. The predicted molar refractivity (Wildman–Crippen MR) is 105 cm³/mol. The minimum atomic E-state index is -0.634. The summed E-state index contributed by atoms with van der Waals surface area (Å²) in [6, 6.07) is 13.5. The molecule has 2 aromatic rings. The van der Waals surface area contributed by atoms with E-state index in [0.717, 1.165) is 18.4 Å². The van der Waals surface area contributed by atoms with Crippen LogP contribution in [0.2, 0.25) is 0 Å². The molecule has 2 aromatic carbocycles. The van der Waals surface area contributed by atoms with Gasteiger partial charge in [-0.1, -0.05) is 6.07 Å². The molecule has 1 atom stereocenters. The Kier molecular flexibility index (Phi) is 6.35. The number of carbonyl (C=O) groups excluding carboxylic acids is 2. The SMILES string of the molecule is COc1ccc(OC)c(C2CCCN2C(=O)COC(=O)c2cccc(C#N)c2)c1. The predicted octanol–water partition coefficient (Wildman–Crippen LogP) is 3.10. The van der Waals surface area contributed by atoms with Crippen molar-refractivity contribution in [3.05, 3.63) is 59.2 Å². The van der Waals surface area contributed by atoms with Gasteiger partial charge in [0.15, 0.2) is 6.61 Å². The van der Waals surface area contributed by atoms with E-state index < -0.39 is 5.97 Å². The molecule has 7 heteroatoms. The van der Waals surface area contributed by atoms with Crippen LogP contribution >= 0.6 is 0 Å². The van der Waals surface area contributed by atoms with Crippen LogP contribution in [0.25, 0.3) is 0 Å². The zero-order chi connectivity index (χ0) is 20.8. The summed E-state index contributed by atoms with van der Waals surface area (Å²) in [5.41, 5.74) is 1.46. The first-order valence-electron chi connectivity index (χ1n) is 9.26. The summed E-state index contributed by atoms with van der Waals surface area (Å²) in [5.74, 6) is 0.456. The van der Waals surface area contributed by atoms with Crippen molar-refractivity contribution in [1.82, 2.24) is 4.90 Å². The maximum absolute atomic E-state index is 12.8. The molecule has 150 valence electrons. The Morgan fingerprint density at radius 2 is 2.00 bits per heavy atom. The Morgan fingerprint density at radius 1 is 1.17 bits per heavy atom. The molecule has 0 aromatic heterocycles. The molecule has 29 heavy (non-hydrogen) atoms. The summed E-state index contributed by atoms with van der Waals surface area (Å²) in [4.78, 5) is 26.7. The molecule has 1 saturated heterocycles. The summed E-state index contributed by atoms with van der Waals surface area (Å²) in [6.45, 7) is 0.212. The van der Waals surface area contributed by atoms with Crippen molar-refractivity contribution in [1.29, 1.82) is 5.26 Å². The minimum absolute atomic E-state index is 0.173. The summed E-state index contributed by atoms with van der Waals surface area (Å²) in [5, 5.41) is 8.94. The van der Waals surface area contributed by atoms with Crippen molar-refractivity contribution in [2.24, 2.45) is 0 Å². The van der Waals surface area contributed by atoms with Gasteiger partial charge in [0.25, 0.3) is 5.91 Å². The Morgan fingerprint density at radius 3 is 2.72 bits per heavy atom. The zero-order valence-electron chi connectivity index (χ0n) is 16.4. The van der Waals surface area contributed by atoms with Gasteiger partial charge in [0.2, 0.25) is 0 Å². The van der Waals surface area contributed by atoms with E-state index in [-0.39, 0.29) is 24.1 Å². The molecular formula is C22H22N2O5. The molecule has 1 heterocycles. The third-order valence-electron chi connectivity index (χ3n) is 4.92. The maximum atomic E-state index is 12.8. The van der Waals surface area contributed by atoms with Gasteiger partial charge in [0.05, 0.1) is 37.5 Å². The average molecular weight is 394 g/mol. The van der Waals surface area contributed by atoms with Crippen LogP contribution in [0.5, 0.6) is 11.5 Å². The molecule has 1 unspecified atom stereocenters. The van der Waals surface area contributed by atoms with Crippen molar-refractivity contribution in [3.63, 3.8) is 0 Å². The third-order valence-corrected chi connectivity index (χ3v) is 4.92. The van der Waals surface area contributed by atoms with Crippen molar-refractivity contribution < 1.29 is 23.8 Å². The smallest absolute Gasteiger partial charge is 0.338 e. The molecule has 0 saturated carbocycles. The molecule has 0 N–H and O–H groups in total. The van der Waals surface area contributed by atoms with Crippen LogP contribution in [0.15, 0.2) is 42.5 Å². The largest absolute Gasteiger partial charge is 0.497 e. The number of methoxy groups -OCH3 is 2. The number of carbonyl (C=O) groups is 2. The first-order chi connectivity index (χ1) is 14.1. The number of nitrogens with zero attached hydrogens (tertiary/aromatic N) is 2. The van der Waals surface area contributed by atoms with Crippen LogP contribution in [-0.4, -0.2) is 44.1 Å². The first kappa shape index (κ1) is 20.2. The van der Waals surface area contributed by atoms with Crippen LogP contribution in [0.3, 0.4) is 0 Å². The molecule has 0 aliphatic carbocycles. The van der Waals surface area contributed by atoms with Crippen LogP contribution in [0, 0.1) is 11.3 Å². The highest BCUT2D eigenvalue weighted by Gasteiger charge is 2.32. The van der Waals surface area contributed by atoms with E-state index in [0.29, 0.717) is 23.6 Å². The summed E-state index contributed by atoms with van der Waals surface area (Å²) >= 11 is 0. The van der Waals surface area contributed by atoms with Crippen molar-refractivity contribution in [2.45, 2.75) is 18.9 Å². The lowest BCUT2D eigenvalue weighted by Crippen LogP contribution is -2.34. The second-order valence-corrected chi connectivity index (χ2v) is 6.62. The molecule has 1 fully saturated rings. The highest BCUT2D eigenvalue weighted by atomic mass is 16.5. The summed E-state index contributed by atoms with van der Waals surface area (Å²) in [6.07, 6.45) is 1.63. The van der Waals surface area contributed by atoms with E-state index >= 15 is 0 Å². The molecule has 0 radical (unpaired) electrons. The van der Waals surface area contributed by atoms with Gasteiger partial charge in [-0.2, -0.15) is 5.26 Å². The van der Waals surface area contributed by atoms with Crippen molar-refractivity contribution >= 4 is 11.9 Å². The van der Waals surface area contributed by atoms with E-state index in [9.17, 15) is 9.59 Å². The molecular weight excluding hydrogens is 372 g/mol. The lowest BCUT2D eigenvalue weighted by atomic mass is 10.0. The second kappa shape index (κ2) is 9.11. The number of nitriles is 1. The molecule has 1 aliphatic rings. The van der Waals surface area contributed by atoms with Crippen LogP contribution < -0.4 is 9.47 Å². The first-order valence-corrected chi connectivity index (χ1v) is 9.26. The molecule has 1 amide bonds. The molecule has 0 spiro atoms. The monoisotopic (exact) mass is 394 g/mol. The van der Waals surface area contributed by atoms with E-state index in [1.54, 1.807) is 43.4 Å². The van der Waals surface area contributed by atoms with Gasteiger partial charge in [-0.15, -0.1) is 0 Å².